The summed E-state index contributed by atoms with van der Waals surface area (Å²) in [4.78, 5) is 28.7. The van der Waals surface area contributed by atoms with E-state index in [1.54, 1.807) is 18.6 Å². The molecule has 7 nitrogen and oxygen atoms in total. The lowest BCUT2D eigenvalue weighted by Crippen LogP contribution is -2.40. The van der Waals surface area contributed by atoms with Crippen molar-refractivity contribution in [3.8, 4) is 17.2 Å². The number of nitrogens with zero attached hydrogens (tertiary/aromatic N) is 5. The molecule has 0 saturated heterocycles. The van der Waals surface area contributed by atoms with Crippen molar-refractivity contribution in [3.05, 3.63) is 48.2 Å². The predicted molar refractivity (Wildman–Crippen MR) is 137 cm³/mol. The fourth-order valence-corrected chi connectivity index (χ4v) is 5.34. The van der Waals surface area contributed by atoms with Gasteiger partial charge in [-0.1, -0.05) is 19.9 Å². The third-order valence-electron chi connectivity index (χ3n) is 7.54. The lowest BCUT2D eigenvalue weighted by atomic mass is 9.89. The second-order valence-corrected chi connectivity index (χ2v) is 9.70. The van der Waals surface area contributed by atoms with E-state index in [-0.39, 0.29) is 17.5 Å². The Morgan fingerprint density at radius 3 is 2.34 bits per heavy atom. The summed E-state index contributed by atoms with van der Waals surface area (Å²) < 4.78 is 0. The average molecular weight is 469 g/mol. The molecule has 5 rings (SSSR count). The molecule has 1 aromatic carbocycles. The number of ketones is 1. The lowest BCUT2D eigenvalue weighted by molar-refractivity contribution is 0.0968. The van der Waals surface area contributed by atoms with Crippen LogP contribution in [0.4, 0.5) is 5.69 Å². The number of rotatable bonds is 8. The van der Waals surface area contributed by atoms with Gasteiger partial charge >= 0.3 is 0 Å². The molecule has 0 radical (unpaired) electrons. The van der Waals surface area contributed by atoms with Crippen LogP contribution < -0.4 is 5.32 Å². The molecule has 0 atom stereocenters. The molecular weight excluding hydrogens is 436 g/mol. The van der Waals surface area contributed by atoms with Crippen LogP contribution in [0.5, 0.6) is 0 Å². The maximum absolute atomic E-state index is 13.2. The molecule has 2 fully saturated rings. The van der Waals surface area contributed by atoms with Crippen LogP contribution in [0.2, 0.25) is 0 Å². The van der Waals surface area contributed by atoms with Gasteiger partial charge in [-0.15, -0.1) is 0 Å². The molecular formula is C28H32N6O. The lowest BCUT2D eigenvalue weighted by Gasteiger charge is -2.36. The number of benzene rings is 1. The first-order chi connectivity index (χ1) is 17.1. The van der Waals surface area contributed by atoms with Crippen LogP contribution in [0.1, 0.15) is 68.6 Å². The highest BCUT2D eigenvalue weighted by atomic mass is 16.1. The summed E-state index contributed by atoms with van der Waals surface area (Å²) in [6.45, 7) is 6.67. The van der Waals surface area contributed by atoms with E-state index in [9.17, 15) is 4.79 Å². The van der Waals surface area contributed by atoms with Crippen molar-refractivity contribution in [2.75, 3.05) is 18.4 Å². The molecule has 35 heavy (non-hydrogen) atoms. The van der Waals surface area contributed by atoms with Crippen LogP contribution >= 0.6 is 0 Å². The van der Waals surface area contributed by atoms with Gasteiger partial charge < -0.3 is 10.2 Å². The molecule has 7 heteroatoms. The topological polar surface area (TPSA) is 94.8 Å². The molecule has 3 aromatic rings. The van der Waals surface area contributed by atoms with E-state index in [4.69, 9.17) is 5.26 Å². The zero-order valence-corrected chi connectivity index (χ0v) is 20.5. The molecule has 2 aliphatic rings. The van der Waals surface area contributed by atoms with Gasteiger partial charge in [-0.05, 0) is 69.3 Å². The second kappa shape index (κ2) is 10.1. The van der Waals surface area contributed by atoms with Crippen LogP contribution in [0.25, 0.3) is 22.0 Å². The Balaban J connectivity index is 1.48. The number of aromatic nitrogens is 3. The van der Waals surface area contributed by atoms with Crippen molar-refractivity contribution in [1.82, 2.24) is 19.9 Å². The van der Waals surface area contributed by atoms with E-state index >= 15 is 0 Å². The van der Waals surface area contributed by atoms with E-state index in [1.165, 1.54) is 12.8 Å². The molecule has 0 unspecified atom stereocenters. The Morgan fingerprint density at radius 1 is 1.00 bits per heavy atom. The van der Waals surface area contributed by atoms with Crippen molar-refractivity contribution in [1.29, 1.82) is 5.26 Å². The van der Waals surface area contributed by atoms with Gasteiger partial charge in [-0.3, -0.25) is 9.78 Å². The Bertz CT molecular complexity index is 1250. The van der Waals surface area contributed by atoms with Crippen molar-refractivity contribution in [2.45, 2.75) is 64.5 Å². The zero-order valence-electron chi connectivity index (χ0n) is 20.5. The van der Waals surface area contributed by atoms with Crippen LogP contribution in [0.15, 0.2) is 36.8 Å². The molecule has 0 amide bonds. The van der Waals surface area contributed by atoms with Crippen molar-refractivity contribution in [2.24, 2.45) is 5.92 Å². The summed E-state index contributed by atoms with van der Waals surface area (Å²) in [7, 11) is 0. The number of carbonyl (C=O) groups excluding carboxylic acids is 1. The molecule has 180 valence electrons. The molecule has 2 saturated carbocycles. The number of anilines is 1. The maximum atomic E-state index is 13.2. The first-order valence-corrected chi connectivity index (χ1v) is 12.8. The standard InChI is InChI=1S/C28H32N6O/c1-3-34(4-2)22-10-8-21(9-11-22)33-27-23-13-19(20-15-31-26(14-29)32-16-20)7-12-25(23)30-17-24(27)28(35)18-5-6-18/h7,12-13,15-18,21-22H,3-6,8-11H2,1-2H3,(H,30,33). The van der Waals surface area contributed by atoms with Gasteiger partial charge in [0.05, 0.1) is 16.8 Å². The first-order valence-electron chi connectivity index (χ1n) is 12.8. The molecule has 0 spiro atoms. The van der Waals surface area contributed by atoms with Gasteiger partial charge in [0.25, 0.3) is 0 Å². The number of Topliss-reactive ketones (excluding diaryl/α,β-unsaturated/α-hetero) is 1. The smallest absolute Gasteiger partial charge is 0.232 e. The third-order valence-corrected chi connectivity index (χ3v) is 7.54. The average Bonchev–Trinajstić information content (AvgIpc) is 3.76. The van der Waals surface area contributed by atoms with Gasteiger partial charge in [0.2, 0.25) is 5.82 Å². The number of nitriles is 1. The Hall–Kier alpha value is -3.37. The van der Waals surface area contributed by atoms with Crippen LogP contribution in [-0.2, 0) is 0 Å². The van der Waals surface area contributed by atoms with E-state index < -0.39 is 0 Å². The maximum Gasteiger partial charge on any atom is 0.232 e. The monoisotopic (exact) mass is 468 g/mol. The largest absolute Gasteiger partial charge is 0.381 e. The summed E-state index contributed by atoms with van der Waals surface area (Å²) >= 11 is 0. The summed E-state index contributed by atoms with van der Waals surface area (Å²) in [5.74, 6) is 0.477. The van der Waals surface area contributed by atoms with Crippen molar-refractivity contribution >= 4 is 22.4 Å². The third kappa shape index (κ3) is 4.89. The van der Waals surface area contributed by atoms with Crippen molar-refractivity contribution in [3.63, 3.8) is 0 Å². The quantitative estimate of drug-likeness (QED) is 0.453. The minimum absolute atomic E-state index is 0.128. The number of nitrogens with one attached hydrogen (secondary N) is 1. The highest BCUT2D eigenvalue weighted by Gasteiger charge is 2.33. The minimum atomic E-state index is 0.128. The fourth-order valence-electron chi connectivity index (χ4n) is 5.34. The summed E-state index contributed by atoms with van der Waals surface area (Å²) in [6.07, 6.45) is 11.5. The van der Waals surface area contributed by atoms with E-state index in [2.05, 4.69) is 45.1 Å². The van der Waals surface area contributed by atoms with E-state index in [0.717, 1.165) is 66.5 Å². The van der Waals surface area contributed by atoms with Gasteiger partial charge in [0.15, 0.2) is 5.78 Å². The molecule has 2 heterocycles. The Kier molecular flexibility index (Phi) is 6.74. The summed E-state index contributed by atoms with van der Waals surface area (Å²) in [5.41, 5.74) is 4.24. The normalized spacial score (nSPS) is 20.1. The van der Waals surface area contributed by atoms with E-state index in [0.29, 0.717) is 17.6 Å². The van der Waals surface area contributed by atoms with Crippen LogP contribution in [0.3, 0.4) is 0 Å². The summed E-state index contributed by atoms with van der Waals surface area (Å²) in [6, 6.07) is 8.98. The molecule has 2 aliphatic carbocycles. The van der Waals surface area contributed by atoms with Gasteiger partial charge in [-0.2, -0.15) is 5.26 Å². The Morgan fingerprint density at radius 2 is 1.71 bits per heavy atom. The number of carbonyl (C=O) groups is 1. The number of hydrogen-bond acceptors (Lipinski definition) is 7. The van der Waals surface area contributed by atoms with Crippen LogP contribution in [-0.4, -0.2) is 50.8 Å². The molecule has 2 aromatic heterocycles. The predicted octanol–water partition coefficient (Wildman–Crippen LogP) is 5.22. The molecule has 0 bridgehead atoms. The van der Waals surface area contributed by atoms with E-state index in [1.807, 2.05) is 18.2 Å². The highest BCUT2D eigenvalue weighted by Crippen LogP contribution is 2.38. The number of hydrogen-bond donors (Lipinski definition) is 1. The highest BCUT2D eigenvalue weighted by molar-refractivity contribution is 6.10. The van der Waals surface area contributed by atoms with Gasteiger partial charge in [0.1, 0.15) is 6.07 Å². The van der Waals surface area contributed by atoms with Gasteiger partial charge in [-0.25, -0.2) is 9.97 Å². The SMILES string of the molecule is CCN(CC)C1CCC(Nc2c(C(=O)C3CC3)cnc3ccc(-c4cnc(C#N)nc4)cc23)CC1. The van der Waals surface area contributed by atoms with Crippen LogP contribution in [0, 0.1) is 17.2 Å². The molecule has 0 aliphatic heterocycles. The first kappa shape index (κ1) is 23.4. The zero-order chi connectivity index (χ0) is 24.4. The number of fused-ring (bicyclic) bond motifs is 1. The minimum Gasteiger partial charge on any atom is -0.381 e. The Labute approximate surface area is 206 Å². The van der Waals surface area contributed by atoms with Gasteiger partial charge in [0, 0.05) is 47.5 Å². The second-order valence-electron chi connectivity index (χ2n) is 9.70. The summed E-state index contributed by atoms with van der Waals surface area (Å²) in [5, 5.41) is 13.8. The van der Waals surface area contributed by atoms with Crippen molar-refractivity contribution < 1.29 is 4.79 Å². The number of pyridine rings is 1. The fraction of sp³-hybridized carbons (Fsp3) is 0.464. The molecule has 1 N–H and O–H groups in total.